The highest BCUT2D eigenvalue weighted by atomic mass is 16.5. The van der Waals surface area contributed by atoms with Crippen molar-refractivity contribution in [3.8, 4) is 46.0 Å². The van der Waals surface area contributed by atoms with Crippen molar-refractivity contribution in [2.45, 2.75) is 25.9 Å². The van der Waals surface area contributed by atoms with Gasteiger partial charge in [0.2, 0.25) is 0 Å². The number of pyridine rings is 2. The van der Waals surface area contributed by atoms with Crippen molar-refractivity contribution in [1.82, 2.24) is 9.97 Å². The molecule has 0 aliphatic carbocycles. The monoisotopic (exact) mass is 924 g/mol. The number of fused-ring (bicyclic) bond motifs is 4. The van der Waals surface area contributed by atoms with E-state index >= 15 is 0 Å². The number of carboxylic acid groups (broad SMARTS) is 2. The first-order valence-electron chi connectivity index (χ1n) is 20.5. The summed E-state index contributed by atoms with van der Waals surface area (Å²) in [6, 6.07) is 19.5. The molecule has 4 aromatic carbocycles. The zero-order valence-electron chi connectivity index (χ0n) is 38.6. The number of hydrogen-bond acceptors (Lipinski definition) is 16. The molecule has 356 valence electrons. The lowest BCUT2D eigenvalue weighted by Crippen LogP contribution is -2.31. The fourth-order valence-corrected chi connectivity index (χ4v) is 7.75. The highest BCUT2D eigenvalue weighted by molar-refractivity contribution is 5.95. The third-order valence-electron chi connectivity index (χ3n) is 11.1. The molecule has 8 N–H and O–H groups in total. The van der Waals surface area contributed by atoms with E-state index in [1.54, 1.807) is 56.9 Å². The summed E-state index contributed by atoms with van der Waals surface area (Å²) in [5.41, 5.74) is 20.5. The molecule has 2 aromatic heterocycles. The number of carbonyl (C=O) groups is 2. The predicted molar refractivity (Wildman–Crippen MR) is 255 cm³/mol. The molecule has 0 fully saturated rings. The Hall–Kier alpha value is -8.06. The molecule has 0 radical (unpaired) electrons. The number of nitrogens with two attached hydrogens (primary N) is 2. The fourth-order valence-electron chi connectivity index (χ4n) is 7.75. The van der Waals surface area contributed by atoms with Crippen molar-refractivity contribution in [2.75, 3.05) is 91.2 Å². The van der Waals surface area contributed by atoms with Crippen molar-refractivity contribution in [3.63, 3.8) is 0 Å². The minimum absolute atomic E-state index is 0. The van der Waals surface area contributed by atoms with Gasteiger partial charge in [-0.3, -0.25) is 0 Å². The van der Waals surface area contributed by atoms with Crippen LogP contribution in [0.1, 0.15) is 22.3 Å². The summed E-state index contributed by atoms with van der Waals surface area (Å²) in [6.07, 6.45) is 2.90. The lowest BCUT2D eigenvalue weighted by molar-refractivity contribution is -0.134. The molecular weight excluding hydrogens is 869 g/mol. The van der Waals surface area contributed by atoms with Crippen LogP contribution in [0.4, 0.5) is 23.0 Å². The second-order valence-electron chi connectivity index (χ2n) is 14.9. The molecular formula is C48H56N6O13. The predicted octanol–water partition coefficient (Wildman–Crippen LogP) is 5.72. The van der Waals surface area contributed by atoms with Gasteiger partial charge in [-0.05, 0) is 71.5 Å². The van der Waals surface area contributed by atoms with E-state index in [0.29, 0.717) is 46.5 Å². The average Bonchev–Trinajstić information content (AvgIpc) is 3.33. The van der Waals surface area contributed by atoms with Crippen LogP contribution in [0.25, 0.3) is 21.8 Å². The van der Waals surface area contributed by atoms with Crippen LogP contribution in [0.2, 0.25) is 0 Å². The molecule has 6 aromatic rings. The number of rotatable bonds is 12. The number of nitrogen functional groups attached to an aromatic ring is 2. The molecule has 0 atom stereocenters. The molecule has 0 saturated carbocycles. The Morgan fingerprint density at radius 1 is 0.478 bits per heavy atom. The smallest absolute Gasteiger partial charge is 0.328 e. The number of hydrogen-bond donors (Lipinski definition) is 4. The van der Waals surface area contributed by atoms with Gasteiger partial charge in [-0.1, -0.05) is 0 Å². The number of benzene rings is 4. The summed E-state index contributed by atoms with van der Waals surface area (Å²) in [7, 11) is 13.1. The first-order valence-corrected chi connectivity index (χ1v) is 20.5. The Labute approximate surface area is 387 Å². The van der Waals surface area contributed by atoms with Gasteiger partial charge in [-0.15, -0.1) is 0 Å². The van der Waals surface area contributed by atoms with Crippen molar-refractivity contribution in [2.24, 2.45) is 0 Å². The van der Waals surface area contributed by atoms with E-state index < -0.39 is 11.9 Å². The number of carboxylic acids is 2. The number of methoxy groups -OCH3 is 8. The quantitative estimate of drug-likeness (QED) is 0.107. The van der Waals surface area contributed by atoms with Gasteiger partial charge in [0.1, 0.15) is 11.6 Å². The highest BCUT2D eigenvalue weighted by Crippen LogP contribution is 2.40. The van der Waals surface area contributed by atoms with Crippen molar-refractivity contribution < 1.29 is 63.2 Å². The van der Waals surface area contributed by atoms with E-state index in [4.69, 9.17) is 69.5 Å². The van der Waals surface area contributed by atoms with Crippen LogP contribution >= 0.6 is 0 Å². The molecule has 67 heavy (non-hydrogen) atoms. The zero-order chi connectivity index (χ0) is 47.7. The molecule has 8 rings (SSSR count). The lowest BCUT2D eigenvalue weighted by Gasteiger charge is -2.31. The summed E-state index contributed by atoms with van der Waals surface area (Å²) in [5, 5.41) is 17.3. The summed E-state index contributed by atoms with van der Waals surface area (Å²) in [6.45, 7) is 3.13. The van der Waals surface area contributed by atoms with E-state index in [9.17, 15) is 9.59 Å². The molecule has 0 amide bonds. The van der Waals surface area contributed by atoms with Crippen LogP contribution < -0.4 is 59.2 Å². The summed E-state index contributed by atoms with van der Waals surface area (Å²) < 4.78 is 43.4. The van der Waals surface area contributed by atoms with Crippen molar-refractivity contribution >= 4 is 56.8 Å². The van der Waals surface area contributed by atoms with Crippen LogP contribution in [0.5, 0.6) is 46.0 Å². The van der Waals surface area contributed by atoms with E-state index in [0.717, 1.165) is 95.5 Å². The molecule has 4 heterocycles. The lowest BCUT2D eigenvalue weighted by atomic mass is 9.98. The standard InChI is InChI=1S/2C22H25N3O4.C4H4O4.H2O/c2*1-26-18-7-13-5-6-25(12-14(13)8-19(18)27-2)22-10-16(23)15-9-20(28-3)21(29-4)11-17(15)24-22;5-3(6)1-2-4(7)8;/h2*7-11H,5-6,12H2,1-4H3,(H2,23,24);1-2H,(H,5,6)(H,7,8);1H2. The van der Waals surface area contributed by atoms with Gasteiger partial charge in [-0.2, -0.15) is 0 Å². The van der Waals surface area contributed by atoms with Gasteiger partial charge < -0.3 is 74.9 Å². The number of nitrogens with zero attached hydrogens (tertiary/aromatic N) is 4. The SMILES string of the molecule is COc1cc2c(cc1OC)CN(c1cc(N)c3cc(OC)c(OC)cc3n1)CC2.COc1cc2c(cc1OC)CN(c1cc(N)c3cc(OC)c(OC)cc3n1)CC2.O.O=C(O)C=CC(=O)O. The van der Waals surface area contributed by atoms with Gasteiger partial charge in [0.15, 0.2) is 46.0 Å². The van der Waals surface area contributed by atoms with Gasteiger partial charge in [0, 0.05) is 84.7 Å². The Balaban J connectivity index is 0.000000213. The van der Waals surface area contributed by atoms with Crippen LogP contribution in [0.3, 0.4) is 0 Å². The van der Waals surface area contributed by atoms with E-state index in [1.165, 1.54) is 22.3 Å². The van der Waals surface area contributed by atoms with E-state index in [2.05, 4.69) is 21.9 Å². The minimum atomic E-state index is -1.26. The largest absolute Gasteiger partial charge is 0.493 e. The highest BCUT2D eigenvalue weighted by Gasteiger charge is 2.24. The topological polar surface area (TPSA) is 264 Å². The molecule has 0 saturated heterocycles. The molecule has 2 aliphatic rings. The van der Waals surface area contributed by atoms with Crippen molar-refractivity contribution in [3.05, 3.63) is 95.1 Å². The second kappa shape index (κ2) is 22.2. The second-order valence-corrected chi connectivity index (χ2v) is 14.9. The maximum atomic E-state index is 9.55. The molecule has 0 spiro atoms. The van der Waals surface area contributed by atoms with Crippen molar-refractivity contribution in [1.29, 1.82) is 0 Å². The average molecular weight is 925 g/mol. The maximum Gasteiger partial charge on any atom is 0.328 e. The first-order chi connectivity index (χ1) is 31.8. The third kappa shape index (κ3) is 11.3. The number of anilines is 4. The minimum Gasteiger partial charge on any atom is -0.493 e. The van der Waals surface area contributed by atoms with E-state index in [1.807, 2.05) is 48.5 Å². The summed E-state index contributed by atoms with van der Waals surface area (Å²) in [4.78, 5) is 33.2. The van der Waals surface area contributed by atoms with Crippen LogP contribution in [-0.4, -0.2) is 108 Å². The van der Waals surface area contributed by atoms with E-state index in [-0.39, 0.29) is 5.48 Å². The Bertz CT molecular complexity index is 2600. The molecule has 19 nitrogen and oxygen atoms in total. The Morgan fingerprint density at radius 2 is 0.761 bits per heavy atom. The maximum absolute atomic E-state index is 9.55. The summed E-state index contributed by atoms with van der Waals surface area (Å²) in [5.74, 6) is 4.66. The third-order valence-corrected chi connectivity index (χ3v) is 11.1. The van der Waals surface area contributed by atoms with Crippen LogP contribution in [0, 0.1) is 0 Å². The molecule has 19 heteroatoms. The molecule has 2 aliphatic heterocycles. The molecule has 0 unspecified atom stereocenters. The number of aliphatic carboxylic acids is 2. The Kier molecular flexibility index (Phi) is 16.6. The van der Waals surface area contributed by atoms with Gasteiger partial charge >= 0.3 is 11.9 Å². The zero-order valence-corrected chi connectivity index (χ0v) is 38.6. The molecule has 0 bridgehead atoms. The number of ether oxygens (including phenoxy) is 8. The van der Waals surface area contributed by atoms with Gasteiger partial charge in [-0.25, -0.2) is 19.6 Å². The van der Waals surface area contributed by atoms with Crippen LogP contribution in [0.15, 0.2) is 72.8 Å². The summed E-state index contributed by atoms with van der Waals surface area (Å²) >= 11 is 0. The van der Waals surface area contributed by atoms with Gasteiger partial charge in [0.25, 0.3) is 0 Å². The normalized spacial score (nSPS) is 12.5. The number of aromatic nitrogens is 2. The van der Waals surface area contributed by atoms with Crippen LogP contribution in [-0.2, 0) is 35.5 Å². The fraction of sp³-hybridized carbons (Fsp3) is 0.292. The first kappa shape index (κ1) is 49.9. The Morgan fingerprint density at radius 3 is 1.06 bits per heavy atom. The van der Waals surface area contributed by atoms with Gasteiger partial charge in [0.05, 0.1) is 67.9 Å².